The van der Waals surface area contributed by atoms with Crippen molar-refractivity contribution in [3.05, 3.63) is 99.6 Å². The van der Waals surface area contributed by atoms with Crippen LogP contribution in [0.2, 0.25) is 0 Å². The van der Waals surface area contributed by atoms with E-state index in [1.165, 1.54) is 31.2 Å². The van der Waals surface area contributed by atoms with Crippen LogP contribution in [0, 0.1) is 10.1 Å². The van der Waals surface area contributed by atoms with Crippen molar-refractivity contribution in [2.45, 2.75) is 37.6 Å². The van der Waals surface area contributed by atoms with Crippen LogP contribution in [0.1, 0.15) is 42.9 Å². The van der Waals surface area contributed by atoms with E-state index in [0.717, 1.165) is 22.3 Å². The van der Waals surface area contributed by atoms with E-state index in [1.807, 2.05) is 36.4 Å². The molecule has 0 unspecified atom stereocenters. The predicted molar refractivity (Wildman–Crippen MR) is 130 cm³/mol. The minimum atomic E-state index is -1.36. The van der Waals surface area contributed by atoms with Crippen LogP contribution >= 0.6 is 0 Å². The van der Waals surface area contributed by atoms with Crippen LogP contribution in [0.3, 0.4) is 0 Å². The van der Waals surface area contributed by atoms with Gasteiger partial charge in [-0.05, 0) is 48.1 Å². The molecule has 0 spiro atoms. The number of non-ortho nitro benzene ring substituents is 1. The second kappa shape index (κ2) is 9.58. The number of rotatable bonds is 8. The minimum absolute atomic E-state index is 0.0737. The average Bonchev–Trinajstić information content (AvgIpc) is 3.16. The van der Waals surface area contributed by atoms with Crippen molar-refractivity contribution in [2.24, 2.45) is 0 Å². The molecular formula is C27H26N2O6. The standard InChI is InChI=1S/C27H26N2O6/c1-17(15-27(2,25(30)31)18-11-13-19(14-12-18)29(33)34)28-26(32)35-16-24-22-9-5-3-7-20(22)21-8-4-6-10-23(21)24/h3-14,17,24H,15-16H2,1-2H3,(H,28,32)(H,30,31)/t17-,27+/m1/s1. The molecule has 0 saturated carbocycles. The maximum absolute atomic E-state index is 12.6. The average molecular weight is 475 g/mol. The summed E-state index contributed by atoms with van der Waals surface area (Å²) in [6.07, 6.45) is -0.555. The Balaban J connectivity index is 1.41. The lowest BCUT2D eigenvalue weighted by Gasteiger charge is -2.29. The fourth-order valence-corrected chi connectivity index (χ4v) is 4.78. The van der Waals surface area contributed by atoms with E-state index in [1.54, 1.807) is 6.92 Å². The van der Waals surface area contributed by atoms with Crippen LogP contribution in [0.25, 0.3) is 11.1 Å². The zero-order chi connectivity index (χ0) is 25.2. The van der Waals surface area contributed by atoms with E-state index in [9.17, 15) is 24.8 Å². The summed E-state index contributed by atoms with van der Waals surface area (Å²) in [5.74, 6) is -1.17. The number of hydrogen-bond donors (Lipinski definition) is 2. The summed E-state index contributed by atoms with van der Waals surface area (Å²) in [6.45, 7) is 3.39. The van der Waals surface area contributed by atoms with Crippen LogP contribution in [0.4, 0.5) is 10.5 Å². The summed E-state index contributed by atoms with van der Waals surface area (Å²) in [7, 11) is 0. The first kappa shape index (κ1) is 23.9. The van der Waals surface area contributed by atoms with Gasteiger partial charge in [0.15, 0.2) is 0 Å². The Morgan fingerprint density at radius 3 is 2.09 bits per heavy atom. The number of carbonyl (C=O) groups excluding carboxylic acids is 1. The summed E-state index contributed by atoms with van der Waals surface area (Å²) >= 11 is 0. The number of aliphatic carboxylic acids is 1. The highest BCUT2D eigenvalue weighted by atomic mass is 16.6. The molecule has 1 aliphatic carbocycles. The molecule has 0 aromatic heterocycles. The lowest BCUT2D eigenvalue weighted by Crippen LogP contribution is -2.42. The second-order valence-corrected chi connectivity index (χ2v) is 9.02. The molecule has 3 aromatic rings. The number of benzene rings is 3. The van der Waals surface area contributed by atoms with Crippen molar-refractivity contribution in [1.29, 1.82) is 0 Å². The SMILES string of the molecule is C[C@H](C[C@](C)(C(=O)O)c1ccc([N+](=O)[O-])cc1)NC(=O)OCC1c2ccccc2-c2ccccc21. The molecule has 0 heterocycles. The van der Waals surface area contributed by atoms with Gasteiger partial charge >= 0.3 is 12.1 Å². The van der Waals surface area contributed by atoms with Gasteiger partial charge in [-0.1, -0.05) is 60.7 Å². The zero-order valence-corrected chi connectivity index (χ0v) is 19.4. The summed E-state index contributed by atoms with van der Waals surface area (Å²) < 4.78 is 5.56. The molecule has 0 fully saturated rings. The molecule has 1 aliphatic rings. The number of nitro benzene ring substituents is 1. The molecule has 8 heteroatoms. The molecule has 0 saturated heterocycles. The number of carboxylic acid groups (broad SMARTS) is 1. The van der Waals surface area contributed by atoms with Gasteiger partial charge in [0.2, 0.25) is 0 Å². The summed E-state index contributed by atoms with van der Waals surface area (Å²) in [5.41, 5.74) is 3.41. The van der Waals surface area contributed by atoms with E-state index in [-0.39, 0.29) is 24.6 Å². The van der Waals surface area contributed by atoms with Crippen molar-refractivity contribution in [2.75, 3.05) is 6.61 Å². The maximum Gasteiger partial charge on any atom is 0.407 e. The quantitative estimate of drug-likeness (QED) is 0.340. The number of carboxylic acids is 1. The molecule has 4 rings (SSSR count). The highest BCUT2D eigenvalue weighted by molar-refractivity contribution is 5.81. The Kier molecular flexibility index (Phi) is 6.55. The molecule has 180 valence electrons. The van der Waals surface area contributed by atoms with E-state index in [0.29, 0.717) is 5.56 Å². The van der Waals surface area contributed by atoms with Gasteiger partial charge in [0, 0.05) is 24.1 Å². The Morgan fingerprint density at radius 2 is 1.57 bits per heavy atom. The molecule has 35 heavy (non-hydrogen) atoms. The van der Waals surface area contributed by atoms with Crippen LogP contribution in [0.5, 0.6) is 0 Å². The molecule has 0 radical (unpaired) electrons. The fourth-order valence-electron chi connectivity index (χ4n) is 4.78. The van der Waals surface area contributed by atoms with Crippen LogP contribution in [-0.2, 0) is 14.9 Å². The Morgan fingerprint density at radius 1 is 1.03 bits per heavy atom. The number of nitro groups is 1. The number of alkyl carbamates (subject to hydrolysis) is 1. The van der Waals surface area contributed by atoms with Crippen molar-refractivity contribution in [3.8, 4) is 11.1 Å². The van der Waals surface area contributed by atoms with Gasteiger partial charge in [0.25, 0.3) is 5.69 Å². The summed E-state index contributed by atoms with van der Waals surface area (Å²) in [5, 5.41) is 23.5. The largest absolute Gasteiger partial charge is 0.481 e. The third-order valence-electron chi connectivity index (χ3n) is 6.61. The van der Waals surface area contributed by atoms with E-state index < -0.39 is 28.4 Å². The number of nitrogens with zero attached hydrogens (tertiary/aromatic N) is 1. The van der Waals surface area contributed by atoms with E-state index in [2.05, 4.69) is 17.4 Å². The molecule has 8 nitrogen and oxygen atoms in total. The zero-order valence-electron chi connectivity index (χ0n) is 19.4. The molecule has 0 bridgehead atoms. The van der Waals surface area contributed by atoms with Gasteiger partial charge in [-0.15, -0.1) is 0 Å². The topological polar surface area (TPSA) is 119 Å². The van der Waals surface area contributed by atoms with Crippen LogP contribution in [-0.4, -0.2) is 34.7 Å². The molecule has 0 aliphatic heterocycles. The monoisotopic (exact) mass is 474 g/mol. The van der Waals surface area contributed by atoms with E-state index >= 15 is 0 Å². The predicted octanol–water partition coefficient (Wildman–Crippen LogP) is 5.25. The minimum Gasteiger partial charge on any atom is -0.481 e. The van der Waals surface area contributed by atoms with Crippen molar-refractivity contribution in [1.82, 2.24) is 5.32 Å². The third kappa shape index (κ3) is 4.73. The van der Waals surface area contributed by atoms with Gasteiger partial charge in [0.1, 0.15) is 6.61 Å². The van der Waals surface area contributed by atoms with Gasteiger partial charge in [-0.3, -0.25) is 14.9 Å². The molecule has 3 aromatic carbocycles. The third-order valence-corrected chi connectivity index (χ3v) is 6.61. The normalized spacial score (nSPS) is 14.8. The Hall–Kier alpha value is -4.20. The van der Waals surface area contributed by atoms with E-state index in [4.69, 9.17) is 4.74 Å². The molecule has 1 amide bonds. The van der Waals surface area contributed by atoms with Gasteiger partial charge in [-0.25, -0.2) is 4.79 Å². The number of nitrogens with one attached hydrogen (secondary N) is 1. The Labute approximate surface area is 202 Å². The lowest BCUT2D eigenvalue weighted by molar-refractivity contribution is -0.384. The van der Waals surface area contributed by atoms with Gasteiger partial charge in [-0.2, -0.15) is 0 Å². The first-order chi connectivity index (χ1) is 16.7. The van der Waals surface area contributed by atoms with Gasteiger partial charge < -0.3 is 15.2 Å². The highest BCUT2D eigenvalue weighted by Gasteiger charge is 2.37. The van der Waals surface area contributed by atoms with Gasteiger partial charge in [0.05, 0.1) is 10.3 Å². The first-order valence-electron chi connectivity index (χ1n) is 11.3. The second-order valence-electron chi connectivity index (χ2n) is 9.02. The molecule has 2 N–H and O–H groups in total. The summed E-state index contributed by atoms with van der Waals surface area (Å²) in [6, 6.07) is 21.0. The number of ether oxygens (including phenoxy) is 1. The lowest BCUT2D eigenvalue weighted by atomic mass is 9.77. The number of fused-ring (bicyclic) bond motifs is 3. The number of amides is 1. The fraction of sp³-hybridized carbons (Fsp3) is 0.259. The molecular weight excluding hydrogens is 448 g/mol. The Bertz CT molecular complexity index is 1230. The summed E-state index contributed by atoms with van der Waals surface area (Å²) in [4.78, 5) is 35.1. The molecule has 2 atom stereocenters. The van der Waals surface area contributed by atoms with Crippen molar-refractivity contribution < 1.29 is 24.4 Å². The number of carbonyl (C=O) groups is 2. The first-order valence-corrected chi connectivity index (χ1v) is 11.3. The highest BCUT2D eigenvalue weighted by Crippen LogP contribution is 2.44. The maximum atomic E-state index is 12.6. The van der Waals surface area contributed by atoms with Crippen molar-refractivity contribution >= 4 is 17.7 Å². The number of hydrogen-bond acceptors (Lipinski definition) is 5. The van der Waals surface area contributed by atoms with Crippen LogP contribution in [0.15, 0.2) is 72.8 Å². The van der Waals surface area contributed by atoms with Crippen molar-refractivity contribution in [3.63, 3.8) is 0 Å². The van der Waals surface area contributed by atoms with Crippen LogP contribution < -0.4 is 5.32 Å². The smallest absolute Gasteiger partial charge is 0.407 e.